The number of ether oxygens (including phenoxy) is 1. The van der Waals surface area contributed by atoms with Crippen LogP contribution in [0.25, 0.3) is 0 Å². The van der Waals surface area contributed by atoms with Crippen LogP contribution in [0, 0.1) is 5.92 Å². The van der Waals surface area contributed by atoms with Crippen LogP contribution in [0.2, 0.25) is 0 Å². The molecule has 0 radical (unpaired) electrons. The molecule has 1 saturated heterocycles. The standard InChI is InChI=1S/C15H24BrN3O2/c1-4-6-17-12-9-21-8-10(12)14(20)7-13-15(16)11(5-2)18-19(13)3/h10,12,17H,4-9H2,1-3H3. The molecule has 0 aromatic carbocycles. The summed E-state index contributed by atoms with van der Waals surface area (Å²) in [6, 6.07) is 0.148. The Labute approximate surface area is 134 Å². The molecule has 1 N–H and O–H groups in total. The molecule has 6 heteroatoms. The summed E-state index contributed by atoms with van der Waals surface area (Å²) in [7, 11) is 1.89. The van der Waals surface area contributed by atoms with Crippen LogP contribution < -0.4 is 5.32 Å². The summed E-state index contributed by atoms with van der Waals surface area (Å²) in [5.41, 5.74) is 1.96. The predicted molar refractivity (Wildman–Crippen MR) is 85.4 cm³/mol. The van der Waals surface area contributed by atoms with Crippen LogP contribution >= 0.6 is 15.9 Å². The molecule has 0 bridgehead atoms. The average molecular weight is 358 g/mol. The lowest BCUT2D eigenvalue weighted by molar-refractivity contribution is -0.122. The highest BCUT2D eigenvalue weighted by atomic mass is 79.9. The number of aromatic nitrogens is 2. The Kier molecular flexibility index (Phi) is 5.96. The quantitative estimate of drug-likeness (QED) is 0.809. The Morgan fingerprint density at radius 1 is 1.48 bits per heavy atom. The molecule has 1 aliphatic rings. The monoisotopic (exact) mass is 357 g/mol. The Hall–Kier alpha value is -0.720. The number of Topliss-reactive ketones (excluding diaryl/α,β-unsaturated/α-hetero) is 1. The van der Waals surface area contributed by atoms with E-state index in [0.717, 1.165) is 35.2 Å². The van der Waals surface area contributed by atoms with E-state index in [2.05, 4.69) is 40.2 Å². The van der Waals surface area contributed by atoms with Crippen LogP contribution in [0.1, 0.15) is 31.7 Å². The predicted octanol–water partition coefficient (Wildman–Crippen LogP) is 1.87. The van der Waals surface area contributed by atoms with Gasteiger partial charge in [-0.25, -0.2) is 0 Å². The van der Waals surface area contributed by atoms with Gasteiger partial charge in [0.05, 0.1) is 35.0 Å². The number of aryl methyl sites for hydroxylation is 2. The van der Waals surface area contributed by atoms with Gasteiger partial charge in [0.1, 0.15) is 5.78 Å². The average Bonchev–Trinajstić information content (AvgIpc) is 3.04. The molecule has 1 fully saturated rings. The fraction of sp³-hybridized carbons (Fsp3) is 0.733. The number of halogens is 1. The number of ketones is 1. The summed E-state index contributed by atoms with van der Waals surface area (Å²) in [5, 5.41) is 7.86. The van der Waals surface area contributed by atoms with E-state index in [9.17, 15) is 4.79 Å². The summed E-state index contributed by atoms with van der Waals surface area (Å²) < 4.78 is 8.28. The number of hydrogen-bond donors (Lipinski definition) is 1. The summed E-state index contributed by atoms with van der Waals surface area (Å²) in [5.74, 6) is 0.177. The zero-order valence-corrected chi connectivity index (χ0v) is 14.6. The van der Waals surface area contributed by atoms with Gasteiger partial charge < -0.3 is 10.1 Å². The van der Waals surface area contributed by atoms with E-state index in [1.165, 1.54) is 0 Å². The second-order valence-electron chi connectivity index (χ2n) is 5.53. The van der Waals surface area contributed by atoms with Gasteiger partial charge in [0.2, 0.25) is 0 Å². The van der Waals surface area contributed by atoms with Gasteiger partial charge in [0.25, 0.3) is 0 Å². The fourth-order valence-corrected chi connectivity index (χ4v) is 3.47. The van der Waals surface area contributed by atoms with Crippen LogP contribution in [0.4, 0.5) is 0 Å². The first-order valence-corrected chi connectivity index (χ1v) is 8.41. The van der Waals surface area contributed by atoms with Crippen molar-refractivity contribution in [2.45, 2.75) is 39.2 Å². The van der Waals surface area contributed by atoms with Crippen LogP contribution in [-0.4, -0.2) is 41.4 Å². The van der Waals surface area contributed by atoms with Crippen molar-refractivity contribution in [2.75, 3.05) is 19.8 Å². The third-order valence-corrected chi connectivity index (χ3v) is 4.91. The molecule has 1 aliphatic heterocycles. The summed E-state index contributed by atoms with van der Waals surface area (Å²) in [6.07, 6.45) is 2.32. The number of carbonyl (C=O) groups is 1. The maximum Gasteiger partial charge on any atom is 0.145 e. The molecule has 0 amide bonds. The lowest BCUT2D eigenvalue weighted by Crippen LogP contribution is -2.40. The molecule has 2 heterocycles. The molecule has 0 spiro atoms. The first kappa shape index (κ1) is 16.6. The van der Waals surface area contributed by atoms with Crippen molar-refractivity contribution in [2.24, 2.45) is 13.0 Å². The molecule has 2 atom stereocenters. The van der Waals surface area contributed by atoms with Crippen molar-refractivity contribution >= 4 is 21.7 Å². The van der Waals surface area contributed by atoms with Crippen molar-refractivity contribution in [3.8, 4) is 0 Å². The van der Waals surface area contributed by atoms with Gasteiger partial charge in [-0.3, -0.25) is 9.48 Å². The fourth-order valence-electron chi connectivity index (χ4n) is 2.71. The molecular formula is C15H24BrN3O2. The van der Waals surface area contributed by atoms with Crippen molar-refractivity contribution in [3.63, 3.8) is 0 Å². The third kappa shape index (κ3) is 3.73. The number of nitrogens with one attached hydrogen (secondary N) is 1. The van der Waals surface area contributed by atoms with E-state index >= 15 is 0 Å². The SMILES string of the molecule is CCCNC1COCC1C(=O)Cc1c(Br)c(CC)nn1C. The van der Waals surface area contributed by atoms with Gasteiger partial charge in [-0.2, -0.15) is 5.10 Å². The van der Waals surface area contributed by atoms with Crippen LogP contribution in [-0.2, 0) is 29.4 Å². The zero-order chi connectivity index (χ0) is 15.4. The minimum absolute atomic E-state index is 0.0524. The summed E-state index contributed by atoms with van der Waals surface area (Å²) >= 11 is 3.57. The first-order valence-electron chi connectivity index (χ1n) is 7.62. The Balaban J connectivity index is 2.05. The maximum atomic E-state index is 12.6. The molecular weight excluding hydrogens is 334 g/mol. The van der Waals surface area contributed by atoms with E-state index in [-0.39, 0.29) is 17.7 Å². The highest BCUT2D eigenvalue weighted by Gasteiger charge is 2.34. The minimum Gasteiger partial charge on any atom is -0.379 e. The van der Waals surface area contributed by atoms with Crippen molar-refractivity contribution in [3.05, 3.63) is 15.9 Å². The molecule has 118 valence electrons. The second kappa shape index (κ2) is 7.51. The van der Waals surface area contributed by atoms with E-state index in [1.54, 1.807) is 0 Å². The third-order valence-electron chi connectivity index (χ3n) is 4.00. The second-order valence-corrected chi connectivity index (χ2v) is 6.33. The van der Waals surface area contributed by atoms with Gasteiger partial charge in [0, 0.05) is 19.5 Å². The van der Waals surface area contributed by atoms with Crippen molar-refractivity contribution in [1.82, 2.24) is 15.1 Å². The zero-order valence-electron chi connectivity index (χ0n) is 13.0. The number of carbonyl (C=O) groups excluding carboxylic acids is 1. The number of rotatable bonds is 7. The van der Waals surface area contributed by atoms with E-state index < -0.39 is 0 Å². The molecule has 1 aromatic rings. The Morgan fingerprint density at radius 2 is 2.24 bits per heavy atom. The van der Waals surface area contributed by atoms with Crippen LogP contribution in [0.3, 0.4) is 0 Å². The van der Waals surface area contributed by atoms with E-state index in [1.807, 2.05) is 11.7 Å². The van der Waals surface area contributed by atoms with Crippen molar-refractivity contribution in [1.29, 1.82) is 0 Å². The van der Waals surface area contributed by atoms with Crippen molar-refractivity contribution < 1.29 is 9.53 Å². The van der Waals surface area contributed by atoms with E-state index in [0.29, 0.717) is 19.6 Å². The summed E-state index contributed by atoms with van der Waals surface area (Å²) in [4.78, 5) is 12.6. The Bertz CT molecular complexity index is 501. The highest BCUT2D eigenvalue weighted by molar-refractivity contribution is 9.10. The first-order chi connectivity index (χ1) is 10.1. The van der Waals surface area contributed by atoms with Crippen LogP contribution in [0.15, 0.2) is 4.47 Å². The number of hydrogen-bond acceptors (Lipinski definition) is 4. The Morgan fingerprint density at radius 3 is 2.86 bits per heavy atom. The molecule has 2 rings (SSSR count). The normalized spacial score (nSPS) is 21.9. The van der Waals surface area contributed by atoms with Crippen LogP contribution in [0.5, 0.6) is 0 Å². The lowest BCUT2D eigenvalue weighted by atomic mass is 9.95. The highest BCUT2D eigenvalue weighted by Crippen LogP contribution is 2.24. The molecule has 2 unspecified atom stereocenters. The lowest BCUT2D eigenvalue weighted by Gasteiger charge is -2.17. The smallest absolute Gasteiger partial charge is 0.145 e. The molecule has 21 heavy (non-hydrogen) atoms. The van der Waals surface area contributed by atoms with Gasteiger partial charge >= 0.3 is 0 Å². The molecule has 5 nitrogen and oxygen atoms in total. The molecule has 0 aliphatic carbocycles. The van der Waals surface area contributed by atoms with Gasteiger partial charge in [-0.1, -0.05) is 13.8 Å². The molecule has 0 saturated carbocycles. The maximum absolute atomic E-state index is 12.6. The topological polar surface area (TPSA) is 56.1 Å². The molecule has 1 aromatic heterocycles. The van der Waals surface area contributed by atoms with Gasteiger partial charge in [0.15, 0.2) is 0 Å². The number of nitrogens with zero attached hydrogens (tertiary/aromatic N) is 2. The largest absolute Gasteiger partial charge is 0.379 e. The minimum atomic E-state index is -0.0524. The van der Waals surface area contributed by atoms with E-state index in [4.69, 9.17) is 4.74 Å². The summed E-state index contributed by atoms with van der Waals surface area (Å²) in [6.45, 7) is 6.26. The van der Waals surface area contributed by atoms with Gasteiger partial charge in [-0.05, 0) is 35.3 Å². The van der Waals surface area contributed by atoms with Gasteiger partial charge in [-0.15, -0.1) is 0 Å².